The summed E-state index contributed by atoms with van der Waals surface area (Å²) in [6.45, 7) is 5.51. The number of aromatic nitrogens is 2. The summed E-state index contributed by atoms with van der Waals surface area (Å²) >= 11 is 3.39. The number of hydrogen-bond donors (Lipinski definition) is 2. The molecule has 2 rings (SSSR count). The van der Waals surface area contributed by atoms with Crippen LogP contribution in [0.1, 0.15) is 20.3 Å². The van der Waals surface area contributed by atoms with Crippen LogP contribution in [0, 0.1) is 11.3 Å². The molecule has 82 valence electrons. The van der Waals surface area contributed by atoms with Crippen molar-refractivity contribution in [2.24, 2.45) is 11.3 Å². The Bertz CT molecular complexity index is 378. The molecule has 1 aromatic heterocycles. The summed E-state index contributed by atoms with van der Waals surface area (Å²) in [4.78, 5) is 8.02. The first-order valence-corrected chi connectivity index (χ1v) is 5.80. The molecule has 0 aliphatic heterocycles. The standard InChI is InChI=1S/C10H15BrN4/c1-10(2)3-6(10)4-13-8-7(11)5-14-9(12)15-8/h5-6H,3-4H2,1-2H3,(H3,12,13,14,15). The Morgan fingerprint density at radius 1 is 1.67 bits per heavy atom. The first-order chi connectivity index (χ1) is 6.99. The Morgan fingerprint density at radius 3 is 2.93 bits per heavy atom. The van der Waals surface area contributed by atoms with Crippen LogP contribution in [0.15, 0.2) is 10.7 Å². The van der Waals surface area contributed by atoms with Crippen molar-refractivity contribution in [3.05, 3.63) is 10.7 Å². The van der Waals surface area contributed by atoms with Gasteiger partial charge in [0, 0.05) is 12.7 Å². The van der Waals surface area contributed by atoms with E-state index in [4.69, 9.17) is 5.73 Å². The van der Waals surface area contributed by atoms with E-state index in [1.807, 2.05) is 0 Å². The maximum atomic E-state index is 5.52. The van der Waals surface area contributed by atoms with Gasteiger partial charge in [-0.05, 0) is 33.7 Å². The molecule has 1 unspecified atom stereocenters. The van der Waals surface area contributed by atoms with E-state index in [-0.39, 0.29) is 0 Å². The maximum Gasteiger partial charge on any atom is 0.221 e. The molecule has 1 atom stereocenters. The van der Waals surface area contributed by atoms with Crippen LogP contribution in [0.3, 0.4) is 0 Å². The van der Waals surface area contributed by atoms with E-state index in [1.54, 1.807) is 6.20 Å². The fraction of sp³-hybridized carbons (Fsp3) is 0.600. The fourth-order valence-corrected chi connectivity index (χ4v) is 1.98. The Balaban J connectivity index is 1.96. The van der Waals surface area contributed by atoms with Crippen LogP contribution in [0.2, 0.25) is 0 Å². The Labute approximate surface area is 97.8 Å². The molecule has 1 aliphatic rings. The van der Waals surface area contributed by atoms with Gasteiger partial charge in [0.2, 0.25) is 5.95 Å². The van der Waals surface area contributed by atoms with E-state index in [9.17, 15) is 0 Å². The Kier molecular flexibility index (Phi) is 2.58. The summed E-state index contributed by atoms with van der Waals surface area (Å²) in [6, 6.07) is 0. The molecule has 0 spiro atoms. The van der Waals surface area contributed by atoms with Gasteiger partial charge in [0.25, 0.3) is 0 Å². The largest absolute Gasteiger partial charge is 0.369 e. The van der Waals surface area contributed by atoms with Crippen molar-refractivity contribution < 1.29 is 0 Å². The van der Waals surface area contributed by atoms with Crippen LogP contribution < -0.4 is 11.1 Å². The van der Waals surface area contributed by atoms with Gasteiger partial charge in [0.1, 0.15) is 5.82 Å². The van der Waals surface area contributed by atoms with Gasteiger partial charge in [-0.25, -0.2) is 4.98 Å². The van der Waals surface area contributed by atoms with E-state index < -0.39 is 0 Å². The lowest BCUT2D eigenvalue weighted by Gasteiger charge is -2.08. The van der Waals surface area contributed by atoms with Crippen LogP contribution in [0.25, 0.3) is 0 Å². The number of halogens is 1. The topological polar surface area (TPSA) is 63.8 Å². The molecule has 1 saturated carbocycles. The summed E-state index contributed by atoms with van der Waals surface area (Å²) in [5.41, 5.74) is 6.00. The Hall–Kier alpha value is -0.840. The second-order valence-corrected chi connectivity index (χ2v) is 5.55. The summed E-state index contributed by atoms with van der Waals surface area (Å²) in [5.74, 6) is 1.82. The van der Waals surface area contributed by atoms with E-state index in [1.165, 1.54) is 6.42 Å². The Morgan fingerprint density at radius 2 is 2.33 bits per heavy atom. The maximum absolute atomic E-state index is 5.52. The minimum atomic E-state index is 0.302. The summed E-state index contributed by atoms with van der Waals surface area (Å²) in [6.07, 6.45) is 2.95. The van der Waals surface area contributed by atoms with Crippen molar-refractivity contribution in [2.45, 2.75) is 20.3 Å². The zero-order chi connectivity index (χ0) is 11.1. The molecule has 0 aromatic carbocycles. The molecular weight excluding hydrogens is 256 g/mol. The van der Waals surface area contributed by atoms with Crippen LogP contribution in [-0.2, 0) is 0 Å². The number of anilines is 2. The number of rotatable bonds is 3. The molecule has 3 N–H and O–H groups in total. The van der Waals surface area contributed by atoms with Gasteiger partial charge >= 0.3 is 0 Å². The quantitative estimate of drug-likeness (QED) is 0.885. The number of hydrogen-bond acceptors (Lipinski definition) is 4. The summed E-state index contributed by atoms with van der Waals surface area (Å²) in [5, 5.41) is 3.29. The van der Waals surface area contributed by atoms with E-state index in [0.717, 1.165) is 22.8 Å². The van der Waals surface area contributed by atoms with Crippen molar-refractivity contribution in [3.8, 4) is 0 Å². The van der Waals surface area contributed by atoms with Gasteiger partial charge in [-0.1, -0.05) is 13.8 Å². The predicted molar refractivity (Wildman–Crippen MR) is 64.5 cm³/mol. The molecule has 0 bridgehead atoms. The summed E-state index contributed by atoms with van der Waals surface area (Å²) in [7, 11) is 0. The summed E-state index contributed by atoms with van der Waals surface area (Å²) < 4.78 is 0.857. The van der Waals surface area contributed by atoms with Gasteiger partial charge in [0.05, 0.1) is 4.47 Å². The van der Waals surface area contributed by atoms with Crippen molar-refractivity contribution in [1.29, 1.82) is 0 Å². The average molecular weight is 271 g/mol. The van der Waals surface area contributed by atoms with Crippen LogP contribution in [-0.4, -0.2) is 16.5 Å². The normalized spacial score (nSPS) is 22.5. The van der Waals surface area contributed by atoms with Crippen molar-refractivity contribution in [2.75, 3.05) is 17.6 Å². The highest BCUT2D eigenvalue weighted by atomic mass is 79.9. The highest BCUT2D eigenvalue weighted by Crippen LogP contribution is 2.51. The molecule has 1 heterocycles. The van der Waals surface area contributed by atoms with Gasteiger partial charge in [-0.3, -0.25) is 0 Å². The molecule has 1 fully saturated rings. The minimum absolute atomic E-state index is 0.302. The monoisotopic (exact) mass is 270 g/mol. The number of nitrogens with two attached hydrogens (primary N) is 1. The first-order valence-electron chi connectivity index (χ1n) is 5.01. The first kappa shape index (κ1) is 10.7. The lowest BCUT2D eigenvalue weighted by molar-refractivity contribution is 0.573. The number of nitrogen functional groups attached to an aromatic ring is 1. The molecule has 1 aromatic rings. The molecule has 5 heteroatoms. The molecule has 0 saturated heterocycles. The number of nitrogens with zero attached hydrogens (tertiary/aromatic N) is 2. The smallest absolute Gasteiger partial charge is 0.221 e. The third-order valence-corrected chi connectivity index (χ3v) is 3.58. The third-order valence-electron chi connectivity index (χ3n) is 3.00. The van der Waals surface area contributed by atoms with E-state index >= 15 is 0 Å². The zero-order valence-corrected chi connectivity index (χ0v) is 10.5. The average Bonchev–Trinajstić information content (AvgIpc) is 2.76. The molecule has 4 nitrogen and oxygen atoms in total. The lowest BCUT2D eigenvalue weighted by Crippen LogP contribution is -2.10. The van der Waals surface area contributed by atoms with Gasteiger partial charge < -0.3 is 11.1 Å². The van der Waals surface area contributed by atoms with Gasteiger partial charge in [0.15, 0.2) is 0 Å². The third kappa shape index (κ3) is 2.40. The molecule has 0 amide bonds. The SMILES string of the molecule is CC1(C)CC1CNc1nc(N)ncc1Br. The molecular formula is C10H15BrN4. The van der Waals surface area contributed by atoms with E-state index in [0.29, 0.717) is 11.4 Å². The lowest BCUT2D eigenvalue weighted by atomic mass is 10.1. The predicted octanol–water partition coefficient (Wildman–Crippen LogP) is 2.28. The van der Waals surface area contributed by atoms with Crippen molar-refractivity contribution in [3.63, 3.8) is 0 Å². The second-order valence-electron chi connectivity index (χ2n) is 4.70. The van der Waals surface area contributed by atoms with Gasteiger partial charge in [-0.15, -0.1) is 0 Å². The van der Waals surface area contributed by atoms with Crippen LogP contribution >= 0.6 is 15.9 Å². The number of nitrogens with one attached hydrogen (secondary N) is 1. The highest BCUT2D eigenvalue weighted by Gasteiger charge is 2.45. The van der Waals surface area contributed by atoms with Crippen molar-refractivity contribution in [1.82, 2.24) is 9.97 Å². The molecule has 15 heavy (non-hydrogen) atoms. The highest BCUT2D eigenvalue weighted by molar-refractivity contribution is 9.10. The molecule has 0 radical (unpaired) electrons. The van der Waals surface area contributed by atoms with Crippen molar-refractivity contribution >= 4 is 27.7 Å². The second kappa shape index (κ2) is 3.63. The minimum Gasteiger partial charge on any atom is -0.369 e. The van der Waals surface area contributed by atoms with E-state index in [2.05, 4.69) is 45.1 Å². The molecule has 1 aliphatic carbocycles. The fourth-order valence-electron chi connectivity index (χ4n) is 1.65. The van der Waals surface area contributed by atoms with Gasteiger partial charge in [-0.2, -0.15) is 4.98 Å². The van der Waals surface area contributed by atoms with Crippen LogP contribution in [0.4, 0.5) is 11.8 Å². The zero-order valence-electron chi connectivity index (χ0n) is 8.92. The van der Waals surface area contributed by atoms with Crippen LogP contribution in [0.5, 0.6) is 0 Å².